The van der Waals surface area contributed by atoms with Crippen molar-refractivity contribution in [3.05, 3.63) is 58.9 Å². The van der Waals surface area contributed by atoms with E-state index in [1.165, 1.54) is 21.6 Å². The molecule has 1 aromatic heterocycles. The molecule has 0 bridgehead atoms. The van der Waals surface area contributed by atoms with Gasteiger partial charge in [0.1, 0.15) is 5.82 Å². The number of thioether (sulfide) groups is 1. The Morgan fingerprint density at radius 2 is 1.35 bits per heavy atom. The first-order valence-corrected chi connectivity index (χ1v) is 9.65. The van der Waals surface area contributed by atoms with Crippen LogP contribution < -0.4 is 10.6 Å². The highest BCUT2D eigenvalue weighted by atomic mass is 32.2. The molecule has 1 heterocycles. The van der Waals surface area contributed by atoms with Crippen molar-refractivity contribution >= 4 is 35.0 Å². The number of aryl methyl sites for hydroxylation is 4. The van der Waals surface area contributed by atoms with E-state index in [2.05, 4.69) is 76.9 Å². The van der Waals surface area contributed by atoms with Gasteiger partial charge in [0.2, 0.25) is 11.9 Å². The Balaban J connectivity index is 1.85. The lowest BCUT2D eigenvalue weighted by Gasteiger charge is -2.14. The van der Waals surface area contributed by atoms with E-state index in [1.807, 2.05) is 19.1 Å². The quantitative estimate of drug-likeness (QED) is 0.597. The lowest BCUT2D eigenvalue weighted by atomic mass is 10.1. The van der Waals surface area contributed by atoms with Crippen LogP contribution in [0.3, 0.4) is 0 Å². The van der Waals surface area contributed by atoms with Gasteiger partial charge in [-0.2, -0.15) is 15.0 Å². The predicted molar refractivity (Wildman–Crippen MR) is 110 cm³/mol. The summed E-state index contributed by atoms with van der Waals surface area (Å²) in [4.78, 5) is 14.6. The molecule has 0 saturated carbocycles. The van der Waals surface area contributed by atoms with Crippen LogP contribution in [0.4, 0.5) is 23.3 Å². The van der Waals surface area contributed by atoms with Crippen molar-refractivity contribution in [2.75, 3.05) is 16.9 Å². The fourth-order valence-corrected chi connectivity index (χ4v) is 3.29. The van der Waals surface area contributed by atoms with Crippen molar-refractivity contribution in [3.8, 4) is 0 Å². The summed E-state index contributed by atoms with van der Waals surface area (Å²) in [5.41, 5.74) is 5.57. The predicted octanol–water partition coefficient (Wildman–Crippen LogP) is 5.31. The maximum atomic E-state index is 4.52. The van der Waals surface area contributed by atoms with E-state index in [0.29, 0.717) is 17.7 Å². The van der Waals surface area contributed by atoms with Gasteiger partial charge in [0.15, 0.2) is 0 Å². The van der Waals surface area contributed by atoms with E-state index < -0.39 is 0 Å². The van der Waals surface area contributed by atoms with Crippen molar-refractivity contribution in [1.29, 1.82) is 0 Å². The standard InChI is InChI=1S/C20H23N5S/c1-12-10-13(2)18(14(3)11-12)24-20-22-15(4)21-19(25-20)23-16-6-8-17(26-5)9-7-16/h6-11H,1-5H3,(H2,21,22,23,24,25). The molecule has 134 valence electrons. The molecule has 0 radical (unpaired) electrons. The molecule has 2 aromatic carbocycles. The number of benzene rings is 2. The third kappa shape index (κ3) is 4.32. The van der Waals surface area contributed by atoms with Crippen LogP contribution in [-0.2, 0) is 0 Å². The summed E-state index contributed by atoms with van der Waals surface area (Å²) in [7, 11) is 0. The minimum absolute atomic E-state index is 0.527. The van der Waals surface area contributed by atoms with Crippen LogP contribution in [0.15, 0.2) is 41.3 Å². The maximum absolute atomic E-state index is 4.52. The number of hydrogen-bond donors (Lipinski definition) is 2. The van der Waals surface area contributed by atoms with Crippen molar-refractivity contribution < 1.29 is 0 Å². The zero-order valence-electron chi connectivity index (χ0n) is 15.7. The Hall–Kier alpha value is -2.60. The van der Waals surface area contributed by atoms with Crippen molar-refractivity contribution in [3.63, 3.8) is 0 Å². The molecule has 3 aromatic rings. The van der Waals surface area contributed by atoms with Crippen LogP contribution in [0.2, 0.25) is 0 Å². The Kier molecular flexibility index (Phi) is 5.42. The van der Waals surface area contributed by atoms with Crippen molar-refractivity contribution in [2.24, 2.45) is 0 Å². The molecule has 5 nitrogen and oxygen atoms in total. The van der Waals surface area contributed by atoms with Gasteiger partial charge in [-0.3, -0.25) is 0 Å². The Bertz CT molecular complexity index is 899. The van der Waals surface area contributed by atoms with E-state index in [0.717, 1.165) is 11.4 Å². The van der Waals surface area contributed by atoms with E-state index in [9.17, 15) is 0 Å². The molecule has 0 saturated heterocycles. The molecule has 0 fully saturated rings. The van der Waals surface area contributed by atoms with Crippen LogP contribution in [0.5, 0.6) is 0 Å². The summed E-state index contributed by atoms with van der Waals surface area (Å²) >= 11 is 1.71. The van der Waals surface area contributed by atoms with Gasteiger partial charge in [-0.05, 0) is 69.3 Å². The second-order valence-corrected chi connectivity index (χ2v) is 7.16. The molecular formula is C20H23N5S. The SMILES string of the molecule is CSc1ccc(Nc2nc(C)nc(Nc3c(C)cc(C)cc3C)n2)cc1. The highest BCUT2D eigenvalue weighted by Crippen LogP contribution is 2.25. The maximum Gasteiger partial charge on any atom is 0.232 e. The molecule has 26 heavy (non-hydrogen) atoms. The van der Waals surface area contributed by atoms with Crippen molar-refractivity contribution in [2.45, 2.75) is 32.6 Å². The summed E-state index contributed by atoms with van der Waals surface area (Å²) in [5.74, 6) is 1.73. The molecule has 0 unspecified atom stereocenters. The average molecular weight is 366 g/mol. The van der Waals surface area contributed by atoms with Gasteiger partial charge in [-0.15, -0.1) is 11.8 Å². The topological polar surface area (TPSA) is 62.7 Å². The van der Waals surface area contributed by atoms with E-state index >= 15 is 0 Å². The second-order valence-electron chi connectivity index (χ2n) is 6.28. The summed E-state index contributed by atoms with van der Waals surface area (Å²) in [6.07, 6.45) is 2.06. The van der Waals surface area contributed by atoms with Crippen LogP contribution in [0.25, 0.3) is 0 Å². The van der Waals surface area contributed by atoms with Gasteiger partial charge in [0.05, 0.1) is 0 Å². The molecule has 0 aliphatic heterocycles. The Labute approximate surface area is 158 Å². The number of aromatic nitrogens is 3. The summed E-state index contributed by atoms with van der Waals surface area (Å²) < 4.78 is 0. The van der Waals surface area contributed by atoms with Gasteiger partial charge in [0.25, 0.3) is 0 Å². The van der Waals surface area contributed by atoms with E-state index in [1.54, 1.807) is 11.8 Å². The highest BCUT2D eigenvalue weighted by Gasteiger charge is 2.09. The summed E-state index contributed by atoms with van der Waals surface area (Å²) in [6, 6.07) is 12.5. The molecule has 3 rings (SSSR count). The number of nitrogens with one attached hydrogen (secondary N) is 2. The first-order valence-electron chi connectivity index (χ1n) is 8.43. The lowest BCUT2D eigenvalue weighted by Crippen LogP contribution is -2.07. The normalized spacial score (nSPS) is 10.7. The third-order valence-electron chi connectivity index (χ3n) is 4.01. The van der Waals surface area contributed by atoms with Crippen molar-refractivity contribution in [1.82, 2.24) is 15.0 Å². The average Bonchev–Trinajstić information content (AvgIpc) is 2.58. The Morgan fingerprint density at radius 3 is 1.92 bits per heavy atom. The zero-order valence-corrected chi connectivity index (χ0v) is 16.5. The largest absolute Gasteiger partial charge is 0.324 e. The van der Waals surface area contributed by atoms with Gasteiger partial charge in [-0.1, -0.05) is 17.7 Å². The lowest BCUT2D eigenvalue weighted by molar-refractivity contribution is 0.988. The van der Waals surface area contributed by atoms with E-state index in [-0.39, 0.29) is 0 Å². The molecule has 0 amide bonds. The molecule has 0 aliphatic carbocycles. The number of hydrogen-bond acceptors (Lipinski definition) is 6. The van der Waals surface area contributed by atoms with Gasteiger partial charge in [-0.25, -0.2) is 0 Å². The third-order valence-corrected chi connectivity index (χ3v) is 4.75. The first kappa shape index (κ1) is 18.2. The molecular weight excluding hydrogens is 342 g/mol. The minimum Gasteiger partial charge on any atom is -0.324 e. The minimum atomic E-state index is 0.527. The molecule has 0 aliphatic rings. The number of anilines is 4. The van der Waals surface area contributed by atoms with Gasteiger partial charge >= 0.3 is 0 Å². The summed E-state index contributed by atoms with van der Waals surface area (Å²) in [6.45, 7) is 8.14. The second kappa shape index (κ2) is 7.74. The highest BCUT2D eigenvalue weighted by molar-refractivity contribution is 7.98. The van der Waals surface area contributed by atoms with Crippen LogP contribution >= 0.6 is 11.8 Å². The molecule has 0 atom stereocenters. The zero-order chi connectivity index (χ0) is 18.7. The van der Waals surface area contributed by atoms with Crippen LogP contribution in [0, 0.1) is 27.7 Å². The van der Waals surface area contributed by atoms with E-state index in [4.69, 9.17) is 0 Å². The molecule has 6 heteroatoms. The smallest absolute Gasteiger partial charge is 0.232 e. The van der Waals surface area contributed by atoms with Crippen LogP contribution in [0.1, 0.15) is 22.5 Å². The Morgan fingerprint density at radius 1 is 0.769 bits per heavy atom. The molecule has 2 N–H and O–H groups in total. The van der Waals surface area contributed by atoms with Crippen LogP contribution in [-0.4, -0.2) is 21.2 Å². The van der Waals surface area contributed by atoms with Gasteiger partial charge < -0.3 is 10.6 Å². The monoisotopic (exact) mass is 365 g/mol. The fourth-order valence-electron chi connectivity index (χ4n) is 2.89. The molecule has 0 spiro atoms. The fraction of sp³-hybridized carbons (Fsp3) is 0.250. The summed E-state index contributed by atoms with van der Waals surface area (Å²) in [5, 5.41) is 6.60. The van der Waals surface area contributed by atoms with Gasteiger partial charge in [0, 0.05) is 16.3 Å². The number of nitrogens with zero attached hydrogens (tertiary/aromatic N) is 3. The first-order chi connectivity index (χ1) is 12.4. The number of rotatable bonds is 5.